The first-order valence-corrected chi connectivity index (χ1v) is 12.3. The molecule has 8 nitrogen and oxygen atoms in total. The number of amides is 6. The second-order valence-corrected chi connectivity index (χ2v) is 9.35. The van der Waals surface area contributed by atoms with Gasteiger partial charge in [-0.15, -0.1) is 0 Å². The van der Waals surface area contributed by atoms with E-state index in [2.05, 4.69) is 38.3 Å². The van der Waals surface area contributed by atoms with E-state index in [1.165, 1.54) is 38.5 Å². The number of carbonyl (C=O) groups is 4. The standard InChI is InChI=1S/2C9H16N2O2.C6H14/c2*1-6-3-2-4-7(5-6)8(12)11-9(10)13;1-3-5-6-4-2/h2*6-7H,2-5H2,1H3,(H3,10,11,12,13);3-6H2,1-2H3. The van der Waals surface area contributed by atoms with Crippen molar-refractivity contribution in [2.75, 3.05) is 0 Å². The van der Waals surface area contributed by atoms with Crippen molar-refractivity contribution in [1.82, 2.24) is 10.6 Å². The van der Waals surface area contributed by atoms with Crippen LogP contribution >= 0.6 is 0 Å². The molecule has 2 fully saturated rings. The van der Waals surface area contributed by atoms with Gasteiger partial charge in [0.1, 0.15) is 0 Å². The molecule has 0 radical (unpaired) electrons. The quantitative estimate of drug-likeness (QED) is 0.450. The number of hydrogen-bond acceptors (Lipinski definition) is 4. The molecule has 6 amide bonds. The Balaban J connectivity index is 0.000000484. The van der Waals surface area contributed by atoms with E-state index in [1.807, 2.05) is 0 Å². The number of unbranched alkanes of at least 4 members (excludes halogenated alkanes) is 3. The van der Waals surface area contributed by atoms with Crippen molar-refractivity contribution < 1.29 is 19.2 Å². The smallest absolute Gasteiger partial charge is 0.318 e. The van der Waals surface area contributed by atoms with E-state index >= 15 is 0 Å². The lowest BCUT2D eigenvalue weighted by molar-refractivity contribution is -0.126. The largest absolute Gasteiger partial charge is 0.351 e. The monoisotopic (exact) mass is 454 g/mol. The van der Waals surface area contributed by atoms with E-state index in [4.69, 9.17) is 11.5 Å². The van der Waals surface area contributed by atoms with Crippen molar-refractivity contribution in [1.29, 1.82) is 0 Å². The predicted octanol–water partition coefficient (Wildman–Crippen LogP) is 4.60. The Morgan fingerprint density at radius 1 is 0.688 bits per heavy atom. The van der Waals surface area contributed by atoms with E-state index in [9.17, 15) is 19.2 Å². The van der Waals surface area contributed by atoms with Gasteiger partial charge >= 0.3 is 12.1 Å². The summed E-state index contributed by atoms with van der Waals surface area (Å²) in [5.41, 5.74) is 9.73. The van der Waals surface area contributed by atoms with Crippen molar-refractivity contribution in [3.8, 4) is 0 Å². The van der Waals surface area contributed by atoms with Crippen molar-refractivity contribution in [3.05, 3.63) is 0 Å². The summed E-state index contributed by atoms with van der Waals surface area (Å²) in [6, 6.07) is -1.49. The van der Waals surface area contributed by atoms with Crippen LogP contribution in [0.2, 0.25) is 0 Å². The van der Waals surface area contributed by atoms with Gasteiger partial charge in [-0.25, -0.2) is 9.59 Å². The van der Waals surface area contributed by atoms with Gasteiger partial charge in [-0.2, -0.15) is 0 Å². The SMILES string of the molecule is CC1CCCC(C(=O)NC(N)=O)C1.CC1CCCC(C(=O)NC(N)=O)C1.CCCCCC. The molecule has 0 bridgehead atoms. The van der Waals surface area contributed by atoms with E-state index in [-0.39, 0.29) is 23.7 Å². The minimum absolute atomic E-state index is 0.0174. The Morgan fingerprint density at radius 2 is 1.03 bits per heavy atom. The molecule has 6 N–H and O–H groups in total. The van der Waals surface area contributed by atoms with Crippen LogP contribution in [0.1, 0.15) is 105 Å². The maximum Gasteiger partial charge on any atom is 0.318 e. The van der Waals surface area contributed by atoms with Crippen LogP contribution in [0.5, 0.6) is 0 Å². The van der Waals surface area contributed by atoms with E-state index < -0.39 is 12.1 Å². The Bertz CT molecular complexity index is 532. The molecule has 0 aromatic rings. The van der Waals surface area contributed by atoms with Gasteiger partial charge in [-0.05, 0) is 37.5 Å². The summed E-state index contributed by atoms with van der Waals surface area (Å²) in [6.07, 6.45) is 13.5. The molecule has 32 heavy (non-hydrogen) atoms. The van der Waals surface area contributed by atoms with E-state index in [0.717, 1.165) is 38.5 Å². The number of nitrogens with two attached hydrogens (primary N) is 2. The normalized spacial score (nSPS) is 24.5. The highest BCUT2D eigenvalue weighted by atomic mass is 16.2. The van der Waals surface area contributed by atoms with Gasteiger partial charge in [0.2, 0.25) is 11.8 Å². The van der Waals surface area contributed by atoms with Gasteiger partial charge in [-0.3, -0.25) is 20.2 Å². The molecule has 186 valence electrons. The average Bonchev–Trinajstić information content (AvgIpc) is 2.72. The summed E-state index contributed by atoms with van der Waals surface area (Å²) in [6.45, 7) is 8.72. The predicted molar refractivity (Wildman–Crippen MR) is 128 cm³/mol. The Kier molecular flexibility index (Phi) is 16.3. The molecular weight excluding hydrogens is 408 g/mol. The molecule has 2 aliphatic carbocycles. The second-order valence-electron chi connectivity index (χ2n) is 9.35. The minimum atomic E-state index is -0.747. The topological polar surface area (TPSA) is 144 Å². The molecule has 0 spiro atoms. The molecule has 8 heteroatoms. The molecule has 0 aromatic heterocycles. The lowest BCUT2D eigenvalue weighted by Gasteiger charge is -2.25. The highest BCUT2D eigenvalue weighted by molar-refractivity contribution is 5.95. The summed E-state index contributed by atoms with van der Waals surface area (Å²) in [5, 5.41) is 4.27. The van der Waals surface area contributed by atoms with Crippen LogP contribution in [-0.2, 0) is 9.59 Å². The molecule has 2 aliphatic rings. The molecule has 4 atom stereocenters. The van der Waals surface area contributed by atoms with Crippen LogP contribution in [0.15, 0.2) is 0 Å². The second kappa shape index (κ2) is 17.4. The fourth-order valence-electron chi connectivity index (χ4n) is 4.29. The van der Waals surface area contributed by atoms with Crippen molar-refractivity contribution in [2.24, 2.45) is 35.1 Å². The van der Waals surface area contributed by atoms with Gasteiger partial charge in [-0.1, -0.05) is 79.1 Å². The molecule has 4 unspecified atom stereocenters. The summed E-state index contributed by atoms with van der Waals surface area (Å²) in [4.78, 5) is 43.5. The minimum Gasteiger partial charge on any atom is -0.351 e. The fraction of sp³-hybridized carbons (Fsp3) is 0.833. The van der Waals surface area contributed by atoms with E-state index in [0.29, 0.717) is 11.8 Å². The summed E-state index contributed by atoms with van der Waals surface area (Å²) in [7, 11) is 0. The Hall–Kier alpha value is -2.12. The average molecular weight is 455 g/mol. The molecule has 0 aliphatic heterocycles. The number of rotatable bonds is 5. The van der Waals surface area contributed by atoms with Gasteiger partial charge in [0.15, 0.2) is 0 Å². The third-order valence-electron chi connectivity index (χ3n) is 6.06. The summed E-state index contributed by atoms with van der Waals surface area (Å²) >= 11 is 0. The fourth-order valence-corrected chi connectivity index (χ4v) is 4.29. The summed E-state index contributed by atoms with van der Waals surface area (Å²) < 4.78 is 0. The number of hydrogen-bond donors (Lipinski definition) is 4. The van der Waals surface area contributed by atoms with Gasteiger partial charge in [0, 0.05) is 11.8 Å². The van der Waals surface area contributed by atoms with Crippen LogP contribution in [-0.4, -0.2) is 23.9 Å². The number of nitrogens with one attached hydrogen (secondary N) is 2. The third kappa shape index (κ3) is 14.8. The van der Waals surface area contributed by atoms with Crippen LogP contribution in [0.25, 0.3) is 0 Å². The van der Waals surface area contributed by atoms with Crippen LogP contribution in [0, 0.1) is 23.7 Å². The Labute approximate surface area is 194 Å². The lowest BCUT2D eigenvalue weighted by Crippen LogP contribution is -2.40. The van der Waals surface area contributed by atoms with Crippen molar-refractivity contribution in [3.63, 3.8) is 0 Å². The van der Waals surface area contributed by atoms with Crippen molar-refractivity contribution in [2.45, 2.75) is 105 Å². The number of carbonyl (C=O) groups excluding carboxylic acids is 4. The maximum absolute atomic E-state index is 11.3. The molecule has 0 saturated heterocycles. The highest BCUT2D eigenvalue weighted by Crippen LogP contribution is 2.29. The third-order valence-corrected chi connectivity index (χ3v) is 6.06. The molecule has 2 rings (SSSR count). The first-order chi connectivity index (χ1) is 15.1. The summed E-state index contributed by atoms with van der Waals surface area (Å²) in [5.74, 6) is 0.709. The zero-order valence-electron chi connectivity index (χ0n) is 20.6. The number of imide groups is 2. The van der Waals surface area contributed by atoms with Crippen LogP contribution < -0.4 is 22.1 Å². The zero-order valence-corrected chi connectivity index (χ0v) is 20.6. The first-order valence-electron chi connectivity index (χ1n) is 12.3. The van der Waals surface area contributed by atoms with Crippen molar-refractivity contribution >= 4 is 23.9 Å². The molecule has 0 aromatic carbocycles. The number of urea groups is 2. The lowest BCUT2D eigenvalue weighted by atomic mass is 9.82. The Morgan fingerprint density at radius 3 is 1.28 bits per heavy atom. The maximum atomic E-state index is 11.3. The zero-order chi connectivity index (χ0) is 24.5. The van der Waals surface area contributed by atoms with Gasteiger partial charge in [0.05, 0.1) is 0 Å². The van der Waals surface area contributed by atoms with Gasteiger partial charge < -0.3 is 11.5 Å². The molecular formula is C24H46N4O4. The first kappa shape index (κ1) is 29.9. The molecule has 0 heterocycles. The van der Waals surface area contributed by atoms with Gasteiger partial charge in [0.25, 0.3) is 0 Å². The van der Waals surface area contributed by atoms with Crippen LogP contribution in [0.3, 0.4) is 0 Å². The van der Waals surface area contributed by atoms with Crippen LogP contribution in [0.4, 0.5) is 9.59 Å². The van der Waals surface area contributed by atoms with E-state index in [1.54, 1.807) is 0 Å². The molecule has 2 saturated carbocycles. The highest BCUT2D eigenvalue weighted by Gasteiger charge is 2.26. The number of primary amides is 2.